The van der Waals surface area contributed by atoms with E-state index in [2.05, 4.69) is 21.2 Å². The summed E-state index contributed by atoms with van der Waals surface area (Å²) in [5.74, 6) is -0.234. The third kappa shape index (κ3) is 5.20. The first-order valence-corrected chi connectivity index (χ1v) is 7.05. The number of hydrogen-bond donors (Lipinski definition) is 1. The van der Waals surface area contributed by atoms with Crippen LogP contribution in [0.5, 0.6) is 0 Å². The summed E-state index contributed by atoms with van der Waals surface area (Å²) in [6.45, 7) is 4.62. The van der Waals surface area contributed by atoms with Crippen molar-refractivity contribution in [2.45, 2.75) is 19.9 Å². The number of hydrogen-bond acceptors (Lipinski definition) is 4. The minimum Gasteiger partial charge on any atom is -0.464 e. The van der Waals surface area contributed by atoms with E-state index in [1.807, 2.05) is 31.2 Å². The Kier molecular flexibility index (Phi) is 6.87. The largest absolute Gasteiger partial charge is 0.464 e. The van der Waals surface area contributed by atoms with E-state index in [1.54, 1.807) is 14.0 Å². The number of nitrogens with one attached hydrogen (secondary N) is 1. The third-order valence-corrected chi connectivity index (χ3v) is 3.23. The Hall–Kier alpha value is -1.07. The standard InChI is InChI=1S/C14H20BrNO3/c1-4-19-14(17)13(10(2)9-18-3)16-12-7-5-11(15)6-8-12/h5-8,10,13,16H,4,9H2,1-3H3. The van der Waals surface area contributed by atoms with Crippen molar-refractivity contribution in [3.63, 3.8) is 0 Å². The molecule has 1 N–H and O–H groups in total. The van der Waals surface area contributed by atoms with E-state index < -0.39 is 6.04 Å². The molecule has 4 nitrogen and oxygen atoms in total. The normalized spacial score (nSPS) is 13.7. The van der Waals surface area contributed by atoms with Crippen molar-refractivity contribution >= 4 is 27.6 Å². The van der Waals surface area contributed by atoms with Crippen LogP contribution in [0.1, 0.15) is 13.8 Å². The van der Waals surface area contributed by atoms with E-state index in [4.69, 9.17) is 9.47 Å². The number of anilines is 1. The quantitative estimate of drug-likeness (QED) is 0.781. The van der Waals surface area contributed by atoms with Gasteiger partial charge in [0.25, 0.3) is 0 Å². The molecule has 0 aliphatic heterocycles. The highest BCUT2D eigenvalue weighted by atomic mass is 79.9. The highest BCUT2D eigenvalue weighted by molar-refractivity contribution is 9.10. The van der Waals surface area contributed by atoms with Crippen LogP contribution in [0.15, 0.2) is 28.7 Å². The van der Waals surface area contributed by atoms with E-state index in [0.717, 1.165) is 10.2 Å². The summed E-state index contributed by atoms with van der Waals surface area (Å²) < 4.78 is 11.2. The molecule has 0 fully saturated rings. The molecule has 0 heterocycles. The molecule has 0 aliphatic carbocycles. The van der Waals surface area contributed by atoms with E-state index >= 15 is 0 Å². The fourth-order valence-corrected chi connectivity index (χ4v) is 2.01. The second-order valence-electron chi connectivity index (χ2n) is 4.31. The molecule has 1 rings (SSSR count). The zero-order valence-corrected chi connectivity index (χ0v) is 13.1. The first-order chi connectivity index (χ1) is 9.08. The maximum absolute atomic E-state index is 12.0. The monoisotopic (exact) mass is 329 g/mol. The van der Waals surface area contributed by atoms with Gasteiger partial charge in [-0.25, -0.2) is 4.79 Å². The lowest BCUT2D eigenvalue weighted by atomic mass is 10.0. The zero-order valence-electron chi connectivity index (χ0n) is 11.5. The SMILES string of the molecule is CCOC(=O)C(Nc1ccc(Br)cc1)C(C)COC. The van der Waals surface area contributed by atoms with Crippen LogP contribution >= 0.6 is 15.9 Å². The van der Waals surface area contributed by atoms with Crippen molar-refractivity contribution < 1.29 is 14.3 Å². The lowest BCUT2D eigenvalue weighted by Crippen LogP contribution is -2.39. The van der Waals surface area contributed by atoms with Gasteiger partial charge in [-0.05, 0) is 31.2 Å². The summed E-state index contributed by atoms with van der Waals surface area (Å²) in [5.41, 5.74) is 0.879. The second kappa shape index (κ2) is 8.17. The Morgan fingerprint density at radius 2 is 2.00 bits per heavy atom. The molecule has 1 aromatic rings. The molecule has 0 aromatic heterocycles. The minimum absolute atomic E-state index is 0.0210. The minimum atomic E-state index is -0.416. The van der Waals surface area contributed by atoms with Crippen molar-refractivity contribution in [1.82, 2.24) is 0 Å². The summed E-state index contributed by atoms with van der Waals surface area (Å²) in [4.78, 5) is 12.0. The van der Waals surface area contributed by atoms with Crippen molar-refractivity contribution in [3.8, 4) is 0 Å². The number of esters is 1. The Morgan fingerprint density at radius 1 is 1.37 bits per heavy atom. The van der Waals surface area contributed by atoms with E-state index in [9.17, 15) is 4.79 Å². The molecule has 2 unspecified atom stereocenters. The third-order valence-electron chi connectivity index (χ3n) is 2.71. The Bertz CT molecular complexity index is 394. The molecule has 0 saturated heterocycles. The highest BCUT2D eigenvalue weighted by Crippen LogP contribution is 2.18. The van der Waals surface area contributed by atoms with Crippen molar-refractivity contribution in [2.75, 3.05) is 25.6 Å². The zero-order chi connectivity index (χ0) is 14.3. The topological polar surface area (TPSA) is 47.6 Å². The van der Waals surface area contributed by atoms with Gasteiger partial charge in [0.1, 0.15) is 6.04 Å². The number of rotatable bonds is 7. The summed E-state index contributed by atoms with van der Waals surface area (Å²) >= 11 is 3.38. The first-order valence-electron chi connectivity index (χ1n) is 6.26. The Labute approximate surface area is 122 Å². The molecule has 19 heavy (non-hydrogen) atoms. The fraction of sp³-hybridized carbons (Fsp3) is 0.500. The van der Waals surface area contributed by atoms with Crippen LogP contribution < -0.4 is 5.32 Å². The van der Waals surface area contributed by atoms with E-state index in [-0.39, 0.29) is 11.9 Å². The maximum Gasteiger partial charge on any atom is 0.328 e. The lowest BCUT2D eigenvalue weighted by Gasteiger charge is -2.23. The fourth-order valence-electron chi connectivity index (χ4n) is 1.75. The lowest BCUT2D eigenvalue weighted by molar-refractivity contribution is -0.145. The number of methoxy groups -OCH3 is 1. The summed E-state index contributed by atoms with van der Waals surface area (Å²) in [7, 11) is 1.62. The number of halogens is 1. The molecule has 106 valence electrons. The van der Waals surface area contributed by atoms with Crippen LogP contribution in [0.2, 0.25) is 0 Å². The van der Waals surface area contributed by atoms with Gasteiger partial charge in [0.15, 0.2) is 0 Å². The van der Waals surface area contributed by atoms with Gasteiger partial charge in [0, 0.05) is 23.2 Å². The van der Waals surface area contributed by atoms with Crippen LogP contribution in [0, 0.1) is 5.92 Å². The molecule has 0 spiro atoms. The van der Waals surface area contributed by atoms with Crippen LogP contribution in [0.4, 0.5) is 5.69 Å². The maximum atomic E-state index is 12.0. The Morgan fingerprint density at radius 3 is 2.53 bits per heavy atom. The van der Waals surface area contributed by atoms with Crippen LogP contribution in [-0.2, 0) is 14.3 Å². The van der Waals surface area contributed by atoms with Crippen LogP contribution in [0.3, 0.4) is 0 Å². The average Bonchev–Trinajstić information content (AvgIpc) is 2.38. The van der Waals surface area contributed by atoms with Gasteiger partial charge in [-0.2, -0.15) is 0 Å². The number of carbonyl (C=O) groups excluding carboxylic acids is 1. The molecule has 2 atom stereocenters. The van der Waals surface area contributed by atoms with Crippen molar-refractivity contribution in [3.05, 3.63) is 28.7 Å². The summed E-state index contributed by atoms with van der Waals surface area (Å²) in [5, 5.41) is 3.20. The van der Waals surface area contributed by atoms with Gasteiger partial charge in [-0.1, -0.05) is 22.9 Å². The molecule has 0 amide bonds. The van der Waals surface area contributed by atoms with Crippen molar-refractivity contribution in [2.24, 2.45) is 5.92 Å². The average molecular weight is 330 g/mol. The number of benzene rings is 1. The van der Waals surface area contributed by atoms with E-state index in [0.29, 0.717) is 13.2 Å². The van der Waals surface area contributed by atoms with Gasteiger partial charge in [-0.3, -0.25) is 0 Å². The molecular formula is C14H20BrNO3. The van der Waals surface area contributed by atoms with Gasteiger partial charge >= 0.3 is 5.97 Å². The van der Waals surface area contributed by atoms with E-state index in [1.165, 1.54) is 0 Å². The smallest absolute Gasteiger partial charge is 0.328 e. The van der Waals surface area contributed by atoms with Crippen molar-refractivity contribution in [1.29, 1.82) is 0 Å². The van der Waals surface area contributed by atoms with Gasteiger partial charge in [0.05, 0.1) is 13.2 Å². The van der Waals surface area contributed by atoms with Crippen LogP contribution in [0.25, 0.3) is 0 Å². The van der Waals surface area contributed by atoms with Gasteiger partial charge in [-0.15, -0.1) is 0 Å². The summed E-state index contributed by atoms with van der Waals surface area (Å²) in [6.07, 6.45) is 0. The molecular weight excluding hydrogens is 310 g/mol. The predicted octanol–water partition coefficient (Wildman–Crippen LogP) is 3.08. The molecule has 0 bridgehead atoms. The Balaban J connectivity index is 2.78. The predicted molar refractivity (Wildman–Crippen MR) is 79.2 cm³/mol. The molecule has 1 aromatic carbocycles. The molecule has 0 saturated carbocycles. The summed E-state index contributed by atoms with van der Waals surface area (Å²) in [6, 6.07) is 7.25. The number of ether oxygens (including phenoxy) is 2. The first kappa shape index (κ1) is 16.0. The van der Waals surface area contributed by atoms with Gasteiger partial charge < -0.3 is 14.8 Å². The molecule has 5 heteroatoms. The second-order valence-corrected chi connectivity index (χ2v) is 5.23. The van der Waals surface area contributed by atoms with Gasteiger partial charge in [0.2, 0.25) is 0 Å². The molecule has 0 aliphatic rings. The molecule has 0 radical (unpaired) electrons. The highest BCUT2D eigenvalue weighted by Gasteiger charge is 2.26. The number of carbonyl (C=O) groups is 1. The van der Waals surface area contributed by atoms with Crippen LogP contribution in [-0.4, -0.2) is 32.3 Å².